The molecule has 9 rings (SSSR count). The van der Waals surface area contributed by atoms with Crippen molar-refractivity contribution in [1.82, 2.24) is 15.1 Å². The van der Waals surface area contributed by atoms with E-state index in [4.69, 9.17) is 4.74 Å². The number of hydrogen-bond acceptors (Lipinski definition) is 9. The lowest BCUT2D eigenvalue weighted by Gasteiger charge is -2.38. The van der Waals surface area contributed by atoms with Gasteiger partial charge in [0.2, 0.25) is 11.8 Å². The molecule has 0 bridgehead atoms. The first-order valence-electron chi connectivity index (χ1n) is 20.0. The highest BCUT2D eigenvalue weighted by molar-refractivity contribution is 6.23. The van der Waals surface area contributed by atoms with E-state index in [0.29, 0.717) is 23.7 Å². The molecule has 4 aromatic carbocycles. The second-order valence-corrected chi connectivity index (χ2v) is 15.8. The summed E-state index contributed by atoms with van der Waals surface area (Å²) in [5.41, 5.74) is 6.42. The molecule has 2 N–H and O–H groups in total. The van der Waals surface area contributed by atoms with Gasteiger partial charge in [0.15, 0.2) is 0 Å². The summed E-state index contributed by atoms with van der Waals surface area (Å²) >= 11 is 0. The van der Waals surface area contributed by atoms with Crippen LogP contribution in [-0.2, 0) is 9.59 Å². The summed E-state index contributed by atoms with van der Waals surface area (Å²) in [5.74, 6) is 0.0525. The number of imide groups is 2. The van der Waals surface area contributed by atoms with E-state index in [-0.39, 0.29) is 36.3 Å². The highest BCUT2D eigenvalue weighted by atomic mass is 16.5. The van der Waals surface area contributed by atoms with Gasteiger partial charge >= 0.3 is 0 Å². The number of fused-ring (bicyclic) bond motifs is 2. The van der Waals surface area contributed by atoms with E-state index < -0.39 is 23.8 Å². The fourth-order valence-electron chi connectivity index (χ4n) is 9.42. The molecule has 3 saturated heterocycles. The van der Waals surface area contributed by atoms with Gasteiger partial charge in [-0.3, -0.25) is 34.3 Å². The van der Waals surface area contributed by atoms with Crippen LogP contribution in [0.15, 0.2) is 91.0 Å². The number of piperidine rings is 2. The number of hydrogen-bond donors (Lipinski definition) is 2. The van der Waals surface area contributed by atoms with Crippen LogP contribution in [0.2, 0.25) is 0 Å². The van der Waals surface area contributed by atoms with Crippen LogP contribution in [-0.4, -0.2) is 97.0 Å². The Morgan fingerprint density at radius 3 is 2.16 bits per heavy atom. The number of anilines is 2. The Kier molecular flexibility index (Phi) is 9.71. The molecule has 288 valence electrons. The molecule has 3 atom stereocenters. The van der Waals surface area contributed by atoms with E-state index in [1.807, 2.05) is 18.2 Å². The number of nitrogens with zero attached hydrogens (tertiary/aromatic N) is 4. The van der Waals surface area contributed by atoms with Crippen molar-refractivity contribution in [2.75, 3.05) is 62.2 Å². The number of rotatable bonds is 8. The average Bonchev–Trinajstić information content (AvgIpc) is 3.48. The van der Waals surface area contributed by atoms with Crippen LogP contribution in [0.1, 0.15) is 81.3 Å². The molecule has 56 heavy (non-hydrogen) atoms. The largest absolute Gasteiger partial charge is 0.508 e. The van der Waals surface area contributed by atoms with E-state index in [9.17, 15) is 24.3 Å². The van der Waals surface area contributed by atoms with E-state index >= 15 is 0 Å². The maximum atomic E-state index is 13.3. The van der Waals surface area contributed by atoms with E-state index in [0.717, 1.165) is 67.7 Å². The van der Waals surface area contributed by atoms with Crippen LogP contribution in [0.4, 0.5) is 11.4 Å². The minimum absolute atomic E-state index is 0.103. The summed E-state index contributed by atoms with van der Waals surface area (Å²) in [6.45, 7) is 7.25. The zero-order chi connectivity index (χ0) is 38.3. The fourth-order valence-corrected chi connectivity index (χ4v) is 9.42. The van der Waals surface area contributed by atoms with Crippen LogP contribution >= 0.6 is 0 Å². The fraction of sp³-hybridized carbons (Fsp3) is 0.378. The Bertz CT molecular complexity index is 2140. The number of nitrogens with one attached hydrogen (secondary N) is 1. The molecular weight excluding hydrogens is 707 g/mol. The number of phenolic OH excluding ortho intramolecular Hbond substituents is 1. The van der Waals surface area contributed by atoms with Crippen molar-refractivity contribution < 1.29 is 29.0 Å². The van der Waals surface area contributed by atoms with Crippen molar-refractivity contribution in [3.05, 3.63) is 119 Å². The predicted molar refractivity (Wildman–Crippen MR) is 212 cm³/mol. The molecule has 0 radical (unpaired) electrons. The minimum Gasteiger partial charge on any atom is -0.508 e. The summed E-state index contributed by atoms with van der Waals surface area (Å²) in [7, 11) is 0. The number of phenols is 1. The second kappa shape index (κ2) is 15.1. The first-order chi connectivity index (χ1) is 27.3. The maximum absolute atomic E-state index is 13.3. The third-order valence-corrected chi connectivity index (χ3v) is 12.6. The molecule has 3 fully saturated rings. The first kappa shape index (κ1) is 36.0. The van der Waals surface area contributed by atoms with Gasteiger partial charge in [-0.25, -0.2) is 0 Å². The van der Waals surface area contributed by atoms with Crippen molar-refractivity contribution in [2.45, 2.75) is 50.0 Å². The number of ether oxygens (including phenoxy) is 1. The topological polar surface area (TPSA) is 123 Å². The summed E-state index contributed by atoms with van der Waals surface area (Å²) in [6.07, 6.45) is 3.78. The molecular formula is C45H47N5O6. The summed E-state index contributed by atoms with van der Waals surface area (Å²) in [5, 5.41) is 12.4. The highest BCUT2D eigenvalue weighted by Gasteiger charge is 2.45. The van der Waals surface area contributed by atoms with E-state index in [1.54, 1.807) is 24.3 Å². The van der Waals surface area contributed by atoms with Crippen LogP contribution in [0, 0.1) is 5.92 Å². The van der Waals surface area contributed by atoms with Crippen molar-refractivity contribution in [3.8, 4) is 11.5 Å². The Morgan fingerprint density at radius 1 is 0.696 bits per heavy atom. The van der Waals surface area contributed by atoms with Crippen LogP contribution < -0.4 is 19.9 Å². The van der Waals surface area contributed by atoms with Crippen molar-refractivity contribution in [3.63, 3.8) is 0 Å². The Morgan fingerprint density at radius 2 is 1.41 bits per heavy atom. The Labute approximate surface area is 326 Å². The van der Waals surface area contributed by atoms with Gasteiger partial charge in [-0.15, -0.1) is 0 Å². The number of carbonyl (C=O) groups is 4. The summed E-state index contributed by atoms with van der Waals surface area (Å²) in [4.78, 5) is 58.9. The van der Waals surface area contributed by atoms with Gasteiger partial charge in [0.05, 0.1) is 17.7 Å². The van der Waals surface area contributed by atoms with Gasteiger partial charge in [-0.05, 0) is 85.7 Å². The summed E-state index contributed by atoms with van der Waals surface area (Å²) in [6, 6.07) is 29.6. The normalized spacial score (nSPS) is 23.1. The van der Waals surface area contributed by atoms with Gasteiger partial charge in [-0.2, -0.15) is 0 Å². The molecule has 5 aliphatic heterocycles. The van der Waals surface area contributed by atoms with E-state index in [2.05, 4.69) is 68.5 Å². The quantitative estimate of drug-likeness (QED) is 0.224. The highest BCUT2D eigenvalue weighted by Crippen LogP contribution is 2.47. The van der Waals surface area contributed by atoms with Gasteiger partial charge in [0.1, 0.15) is 17.5 Å². The SMILES string of the molecule is O=C1CCC(N2C(=O)c3ccc(N4CCN(CCC5CCN(c6ccc([C@H]7c8ccc(O)cc8OC[C@H]7c7ccccc7)cc6)CC5)CC4)cc3C2=O)C(=O)N1. The zero-order valence-corrected chi connectivity index (χ0v) is 31.4. The smallest absolute Gasteiger partial charge is 0.262 e. The number of aromatic hydroxyl groups is 1. The molecule has 5 heterocycles. The van der Waals surface area contributed by atoms with Crippen molar-refractivity contribution in [2.24, 2.45) is 5.92 Å². The molecule has 0 aliphatic carbocycles. The number of piperazine rings is 1. The van der Waals surface area contributed by atoms with Crippen LogP contribution in [0.5, 0.6) is 11.5 Å². The molecule has 4 aromatic rings. The predicted octanol–water partition coefficient (Wildman–Crippen LogP) is 5.53. The molecule has 0 spiro atoms. The monoisotopic (exact) mass is 753 g/mol. The molecule has 5 aliphatic rings. The lowest BCUT2D eigenvalue weighted by atomic mass is 9.76. The third kappa shape index (κ3) is 6.89. The zero-order valence-electron chi connectivity index (χ0n) is 31.4. The first-order valence-corrected chi connectivity index (χ1v) is 20.0. The van der Waals surface area contributed by atoms with Crippen molar-refractivity contribution in [1.29, 1.82) is 0 Å². The second-order valence-electron chi connectivity index (χ2n) is 15.8. The molecule has 0 saturated carbocycles. The average molecular weight is 754 g/mol. The maximum Gasteiger partial charge on any atom is 0.262 e. The lowest BCUT2D eigenvalue weighted by Crippen LogP contribution is -2.54. The molecule has 11 nitrogen and oxygen atoms in total. The molecule has 1 unspecified atom stereocenters. The van der Waals surface area contributed by atoms with Gasteiger partial charge in [-0.1, -0.05) is 48.5 Å². The van der Waals surface area contributed by atoms with Gasteiger partial charge < -0.3 is 19.6 Å². The van der Waals surface area contributed by atoms with Crippen LogP contribution in [0.25, 0.3) is 0 Å². The van der Waals surface area contributed by atoms with Crippen molar-refractivity contribution >= 4 is 35.0 Å². The third-order valence-electron chi connectivity index (χ3n) is 12.6. The van der Waals surface area contributed by atoms with E-state index in [1.165, 1.54) is 36.1 Å². The van der Waals surface area contributed by atoms with Gasteiger partial charge in [0.25, 0.3) is 11.8 Å². The Balaban J connectivity index is 0.764. The molecule has 0 aromatic heterocycles. The number of amides is 4. The molecule has 11 heteroatoms. The minimum atomic E-state index is -0.959. The summed E-state index contributed by atoms with van der Waals surface area (Å²) < 4.78 is 6.17. The number of carbonyl (C=O) groups excluding carboxylic acids is 4. The molecule has 4 amide bonds. The number of benzene rings is 4. The van der Waals surface area contributed by atoms with Gasteiger partial charge in [0, 0.05) is 80.5 Å². The van der Waals surface area contributed by atoms with Crippen LogP contribution in [0.3, 0.4) is 0 Å². The lowest BCUT2D eigenvalue weighted by molar-refractivity contribution is -0.136. The standard InChI is InChI=1S/C45H47N5O6/c51-34-11-13-36-40(27-34)56-28-38(30-4-2-1-3-5-30)42(36)31-6-8-32(9-7-31)48-20-17-29(18-21-48)16-19-47-22-24-49(25-23-47)33-10-12-35-37(26-33)45(55)50(44(35)54)39-14-15-41(52)46-43(39)53/h1-13,26-27,29,38-39,42,51H,14-25,28H2,(H,46,52,53)/t38-,39?,42-/m0/s1. The Hall–Kier alpha value is -5.68.